The van der Waals surface area contributed by atoms with Crippen molar-refractivity contribution in [2.24, 2.45) is 0 Å². The van der Waals surface area contributed by atoms with E-state index in [1.165, 1.54) is 18.2 Å². The molecule has 1 aliphatic heterocycles. The summed E-state index contributed by atoms with van der Waals surface area (Å²) in [6.07, 6.45) is 0. The maximum Gasteiger partial charge on any atom is 0.313 e. The smallest absolute Gasteiger partial charge is 0.313 e. The third-order valence-electron chi connectivity index (χ3n) is 3.25. The van der Waals surface area contributed by atoms with Crippen LogP contribution in [0.1, 0.15) is 0 Å². The second-order valence-electron chi connectivity index (χ2n) is 4.78. The van der Waals surface area contributed by atoms with Crippen LogP contribution in [0.4, 0.5) is 10.1 Å². The number of anilines is 1. The fourth-order valence-corrected chi connectivity index (χ4v) is 2.08. The molecule has 0 atom stereocenters. The predicted octanol–water partition coefficient (Wildman–Crippen LogP) is -0.214. The van der Waals surface area contributed by atoms with Crippen LogP contribution in [0.3, 0.4) is 0 Å². The fraction of sp³-hybridized carbons (Fsp3) is 0.429. The Morgan fingerprint density at radius 2 is 1.90 bits per heavy atom. The van der Waals surface area contributed by atoms with E-state index in [1.807, 2.05) is 0 Å². The van der Waals surface area contributed by atoms with Gasteiger partial charge in [-0.1, -0.05) is 12.1 Å². The van der Waals surface area contributed by atoms with Crippen molar-refractivity contribution in [1.29, 1.82) is 0 Å². The molecular formula is C14H19FN4O2. The summed E-state index contributed by atoms with van der Waals surface area (Å²) in [4.78, 5) is 25.5. The normalized spacial score (nSPS) is 15.5. The lowest BCUT2D eigenvalue weighted by Crippen LogP contribution is -2.47. The lowest BCUT2D eigenvalue weighted by atomic mass is 10.3. The fourth-order valence-electron chi connectivity index (χ4n) is 2.08. The first-order chi connectivity index (χ1) is 10.2. The largest absolute Gasteiger partial charge is 0.347 e. The molecule has 0 aliphatic carbocycles. The van der Waals surface area contributed by atoms with Crippen molar-refractivity contribution < 1.29 is 14.0 Å². The number of amides is 2. The Morgan fingerprint density at radius 3 is 2.62 bits per heavy atom. The van der Waals surface area contributed by atoms with Crippen LogP contribution in [0.2, 0.25) is 0 Å². The number of nitrogens with one attached hydrogen (secondary N) is 3. The van der Waals surface area contributed by atoms with E-state index in [4.69, 9.17) is 0 Å². The van der Waals surface area contributed by atoms with Gasteiger partial charge in [-0.05, 0) is 12.1 Å². The summed E-state index contributed by atoms with van der Waals surface area (Å²) in [5.41, 5.74) is -0.000227. The molecule has 2 amide bonds. The topological polar surface area (TPSA) is 73.5 Å². The zero-order valence-corrected chi connectivity index (χ0v) is 11.7. The van der Waals surface area contributed by atoms with Crippen LogP contribution in [0, 0.1) is 5.82 Å². The Labute approximate surface area is 122 Å². The van der Waals surface area contributed by atoms with E-state index in [0.717, 1.165) is 26.2 Å². The van der Waals surface area contributed by atoms with E-state index in [1.54, 1.807) is 6.07 Å². The first-order valence-corrected chi connectivity index (χ1v) is 6.93. The molecule has 0 spiro atoms. The molecule has 114 valence electrons. The molecule has 1 saturated heterocycles. The van der Waals surface area contributed by atoms with Crippen LogP contribution in [0.5, 0.6) is 0 Å². The Hall–Kier alpha value is -1.99. The van der Waals surface area contributed by atoms with Gasteiger partial charge in [-0.2, -0.15) is 0 Å². The van der Waals surface area contributed by atoms with Gasteiger partial charge in [0.25, 0.3) is 0 Å². The van der Waals surface area contributed by atoms with Gasteiger partial charge in [-0.25, -0.2) is 4.39 Å². The summed E-state index contributed by atoms with van der Waals surface area (Å²) in [6.45, 7) is 4.81. The van der Waals surface area contributed by atoms with Gasteiger partial charge >= 0.3 is 11.8 Å². The molecule has 3 N–H and O–H groups in total. The van der Waals surface area contributed by atoms with Crippen LogP contribution < -0.4 is 16.0 Å². The quantitative estimate of drug-likeness (QED) is 0.672. The predicted molar refractivity (Wildman–Crippen MR) is 77.3 cm³/mol. The molecule has 0 radical (unpaired) electrons. The number of carbonyl (C=O) groups is 2. The van der Waals surface area contributed by atoms with Gasteiger partial charge in [0.1, 0.15) is 5.82 Å². The zero-order chi connectivity index (χ0) is 15.1. The lowest BCUT2D eigenvalue weighted by Gasteiger charge is -2.26. The number of rotatable bonds is 4. The molecule has 6 nitrogen and oxygen atoms in total. The van der Waals surface area contributed by atoms with Crippen LogP contribution in [0.15, 0.2) is 24.3 Å². The standard InChI is InChI=1S/C14H19FN4O2/c15-11-3-1-2-4-12(11)18-14(21)13(20)17-7-10-19-8-5-16-6-9-19/h1-4,16H,5-10H2,(H,17,20)(H,18,21). The van der Waals surface area contributed by atoms with Gasteiger partial charge in [0.2, 0.25) is 0 Å². The first kappa shape index (κ1) is 15.4. The minimum Gasteiger partial charge on any atom is -0.347 e. The van der Waals surface area contributed by atoms with E-state index in [0.29, 0.717) is 13.1 Å². The van der Waals surface area contributed by atoms with E-state index in [-0.39, 0.29) is 5.69 Å². The van der Waals surface area contributed by atoms with E-state index in [9.17, 15) is 14.0 Å². The molecule has 1 aromatic carbocycles. The highest BCUT2D eigenvalue weighted by Crippen LogP contribution is 2.11. The molecular weight excluding hydrogens is 275 g/mol. The average molecular weight is 294 g/mol. The van der Waals surface area contributed by atoms with Crippen LogP contribution in [-0.4, -0.2) is 56.0 Å². The van der Waals surface area contributed by atoms with Gasteiger partial charge in [-0.15, -0.1) is 0 Å². The van der Waals surface area contributed by atoms with Gasteiger partial charge in [0.15, 0.2) is 0 Å². The number of para-hydroxylation sites is 1. The van der Waals surface area contributed by atoms with Gasteiger partial charge in [-0.3, -0.25) is 14.5 Å². The maximum atomic E-state index is 13.3. The summed E-state index contributed by atoms with van der Waals surface area (Å²) < 4.78 is 13.3. The van der Waals surface area contributed by atoms with Crippen molar-refractivity contribution in [3.63, 3.8) is 0 Å². The van der Waals surface area contributed by atoms with Crippen LogP contribution in [-0.2, 0) is 9.59 Å². The number of piperazine rings is 1. The number of nitrogens with zero attached hydrogens (tertiary/aromatic N) is 1. The average Bonchev–Trinajstić information content (AvgIpc) is 2.50. The summed E-state index contributed by atoms with van der Waals surface area (Å²) >= 11 is 0. The molecule has 7 heteroatoms. The molecule has 1 aliphatic rings. The van der Waals surface area contributed by atoms with E-state index < -0.39 is 17.6 Å². The monoisotopic (exact) mass is 294 g/mol. The maximum absolute atomic E-state index is 13.3. The molecule has 0 unspecified atom stereocenters. The van der Waals surface area contributed by atoms with Gasteiger partial charge < -0.3 is 16.0 Å². The number of hydrogen-bond acceptors (Lipinski definition) is 4. The van der Waals surface area contributed by atoms with Crippen molar-refractivity contribution in [2.75, 3.05) is 44.6 Å². The van der Waals surface area contributed by atoms with Crippen molar-refractivity contribution in [2.45, 2.75) is 0 Å². The highest BCUT2D eigenvalue weighted by molar-refractivity contribution is 6.39. The second kappa shape index (κ2) is 7.70. The summed E-state index contributed by atoms with van der Waals surface area (Å²) in [7, 11) is 0. The third kappa shape index (κ3) is 4.80. The molecule has 1 aromatic rings. The second-order valence-corrected chi connectivity index (χ2v) is 4.78. The van der Waals surface area contributed by atoms with E-state index in [2.05, 4.69) is 20.9 Å². The molecule has 21 heavy (non-hydrogen) atoms. The molecule has 0 aromatic heterocycles. The Bertz CT molecular complexity index is 504. The lowest BCUT2D eigenvalue weighted by molar-refractivity contribution is -0.136. The highest BCUT2D eigenvalue weighted by atomic mass is 19.1. The number of benzene rings is 1. The molecule has 1 heterocycles. The molecule has 0 bridgehead atoms. The van der Waals surface area contributed by atoms with Crippen LogP contribution in [0.25, 0.3) is 0 Å². The van der Waals surface area contributed by atoms with Crippen molar-refractivity contribution in [1.82, 2.24) is 15.5 Å². The van der Waals surface area contributed by atoms with Gasteiger partial charge in [0, 0.05) is 39.3 Å². The number of halogens is 1. The van der Waals surface area contributed by atoms with E-state index >= 15 is 0 Å². The SMILES string of the molecule is O=C(NCCN1CCNCC1)C(=O)Nc1ccccc1F. The third-order valence-corrected chi connectivity index (χ3v) is 3.25. The summed E-state index contributed by atoms with van der Waals surface area (Å²) in [5.74, 6) is -2.19. The number of hydrogen-bond donors (Lipinski definition) is 3. The highest BCUT2D eigenvalue weighted by Gasteiger charge is 2.15. The molecule has 0 saturated carbocycles. The molecule has 2 rings (SSSR count). The van der Waals surface area contributed by atoms with Crippen molar-refractivity contribution in [3.05, 3.63) is 30.1 Å². The summed E-state index contributed by atoms with van der Waals surface area (Å²) in [5, 5.41) is 8.02. The summed E-state index contributed by atoms with van der Waals surface area (Å²) in [6, 6.07) is 5.72. The number of carbonyl (C=O) groups excluding carboxylic acids is 2. The Morgan fingerprint density at radius 1 is 1.19 bits per heavy atom. The Kier molecular flexibility index (Phi) is 5.65. The van der Waals surface area contributed by atoms with Gasteiger partial charge in [0.05, 0.1) is 5.69 Å². The zero-order valence-electron chi connectivity index (χ0n) is 11.7. The minimum atomic E-state index is -0.861. The van der Waals surface area contributed by atoms with Crippen molar-refractivity contribution in [3.8, 4) is 0 Å². The Balaban J connectivity index is 1.72. The van der Waals surface area contributed by atoms with Crippen molar-refractivity contribution >= 4 is 17.5 Å². The molecule has 1 fully saturated rings. The minimum absolute atomic E-state index is 0.000227. The van der Waals surface area contributed by atoms with Crippen LogP contribution >= 0.6 is 0 Å². The first-order valence-electron chi connectivity index (χ1n) is 6.93.